The Morgan fingerprint density at radius 2 is 1.93 bits per heavy atom. The minimum atomic E-state index is -2.97. The SMILES string of the molecule is CCS(=O)(=O)CCNCCc1nc(-c2ccc3ncnc(Nc4ccc(OCc5cccc(F)c5)c(Cl)c4)c3c2)cs1. The van der Waals surface area contributed by atoms with Crippen LogP contribution < -0.4 is 15.4 Å². The van der Waals surface area contributed by atoms with Gasteiger partial charge in [0.25, 0.3) is 0 Å². The average molecular weight is 626 g/mol. The van der Waals surface area contributed by atoms with Gasteiger partial charge in [0.2, 0.25) is 0 Å². The Morgan fingerprint density at radius 3 is 2.74 bits per heavy atom. The van der Waals surface area contributed by atoms with E-state index in [0.29, 0.717) is 41.7 Å². The standard InChI is InChI=1S/C30H29ClFN5O3S2/c1-2-42(38,39)13-12-33-11-10-29-37-27(18-41-29)21-6-8-26-24(15-21)30(35-19-34-26)36-23-7-9-28(25(31)16-23)40-17-20-4-3-5-22(32)14-20/h3-9,14-16,18-19,33H,2,10-13,17H2,1H3,(H,34,35,36). The molecule has 0 aliphatic rings. The Balaban J connectivity index is 1.25. The van der Waals surface area contributed by atoms with Crippen molar-refractivity contribution in [1.82, 2.24) is 20.3 Å². The van der Waals surface area contributed by atoms with Gasteiger partial charge in [-0.1, -0.05) is 36.7 Å². The Kier molecular flexibility index (Phi) is 9.63. The summed E-state index contributed by atoms with van der Waals surface area (Å²) in [5.74, 6) is 1.09. The second-order valence-electron chi connectivity index (χ2n) is 9.51. The topological polar surface area (TPSA) is 106 Å². The molecule has 3 aromatic carbocycles. The maximum absolute atomic E-state index is 13.5. The summed E-state index contributed by atoms with van der Waals surface area (Å²) in [6, 6.07) is 17.5. The van der Waals surface area contributed by atoms with E-state index in [0.717, 1.165) is 32.9 Å². The lowest BCUT2D eigenvalue weighted by molar-refractivity contribution is 0.306. The number of hydrogen-bond donors (Lipinski definition) is 2. The Hall–Kier alpha value is -3.64. The van der Waals surface area contributed by atoms with E-state index >= 15 is 0 Å². The molecule has 0 aliphatic heterocycles. The van der Waals surface area contributed by atoms with Crippen LogP contribution in [0, 0.1) is 5.82 Å². The molecule has 2 heterocycles. The van der Waals surface area contributed by atoms with Crippen LogP contribution in [0.2, 0.25) is 5.02 Å². The molecule has 0 amide bonds. The van der Waals surface area contributed by atoms with Crippen molar-refractivity contribution in [1.29, 1.82) is 0 Å². The number of sulfone groups is 1. The summed E-state index contributed by atoms with van der Waals surface area (Å²) in [7, 11) is -2.97. The molecule has 12 heteroatoms. The monoisotopic (exact) mass is 625 g/mol. The molecule has 0 unspecified atom stereocenters. The van der Waals surface area contributed by atoms with Crippen molar-refractivity contribution in [3.63, 3.8) is 0 Å². The largest absolute Gasteiger partial charge is 0.487 e. The molecular weight excluding hydrogens is 597 g/mol. The van der Waals surface area contributed by atoms with E-state index < -0.39 is 9.84 Å². The third kappa shape index (κ3) is 7.80. The molecule has 0 bridgehead atoms. The molecule has 0 saturated heterocycles. The lowest BCUT2D eigenvalue weighted by atomic mass is 10.1. The van der Waals surface area contributed by atoms with Crippen LogP contribution in [0.3, 0.4) is 0 Å². The lowest BCUT2D eigenvalue weighted by Gasteiger charge is -2.12. The van der Waals surface area contributed by atoms with E-state index in [-0.39, 0.29) is 23.9 Å². The van der Waals surface area contributed by atoms with Crippen LogP contribution in [0.5, 0.6) is 5.75 Å². The van der Waals surface area contributed by atoms with E-state index in [2.05, 4.69) is 20.6 Å². The van der Waals surface area contributed by atoms with Gasteiger partial charge in [0.05, 0.1) is 27.0 Å². The molecule has 2 N–H and O–H groups in total. The number of rotatable bonds is 13. The van der Waals surface area contributed by atoms with Crippen molar-refractivity contribution in [3.05, 3.63) is 93.8 Å². The summed E-state index contributed by atoms with van der Waals surface area (Å²) >= 11 is 8.06. The third-order valence-corrected chi connectivity index (χ3v) is 9.42. The Labute approximate surface area is 252 Å². The van der Waals surface area contributed by atoms with Gasteiger partial charge >= 0.3 is 0 Å². The van der Waals surface area contributed by atoms with Crippen LogP contribution in [-0.4, -0.2) is 48.0 Å². The van der Waals surface area contributed by atoms with Gasteiger partial charge in [0, 0.05) is 47.3 Å². The van der Waals surface area contributed by atoms with E-state index in [4.69, 9.17) is 21.3 Å². The molecule has 0 fully saturated rings. The maximum Gasteiger partial charge on any atom is 0.151 e. The van der Waals surface area contributed by atoms with E-state index in [1.54, 1.807) is 42.5 Å². The molecule has 5 aromatic rings. The number of anilines is 2. The quantitative estimate of drug-likeness (QED) is 0.144. The van der Waals surface area contributed by atoms with Crippen LogP contribution >= 0.6 is 22.9 Å². The molecule has 0 radical (unpaired) electrons. The number of aromatic nitrogens is 3. The van der Waals surface area contributed by atoms with Crippen LogP contribution in [0.1, 0.15) is 17.5 Å². The predicted molar refractivity (Wildman–Crippen MR) is 167 cm³/mol. The van der Waals surface area contributed by atoms with Crippen LogP contribution in [0.25, 0.3) is 22.2 Å². The van der Waals surface area contributed by atoms with Gasteiger partial charge in [-0.3, -0.25) is 0 Å². The van der Waals surface area contributed by atoms with Crippen LogP contribution in [-0.2, 0) is 22.9 Å². The summed E-state index contributed by atoms with van der Waals surface area (Å²) in [6.07, 6.45) is 2.21. The molecule has 0 saturated carbocycles. The maximum atomic E-state index is 13.5. The zero-order chi connectivity index (χ0) is 29.5. The van der Waals surface area contributed by atoms with Crippen molar-refractivity contribution < 1.29 is 17.5 Å². The summed E-state index contributed by atoms with van der Waals surface area (Å²) < 4.78 is 42.5. The first-order chi connectivity index (χ1) is 20.3. The fourth-order valence-electron chi connectivity index (χ4n) is 4.19. The number of thiazole rings is 1. The predicted octanol–water partition coefficient (Wildman–Crippen LogP) is 6.44. The summed E-state index contributed by atoms with van der Waals surface area (Å²) in [6.45, 7) is 2.95. The van der Waals surface area contributed by atoms with Crippen molar-refractivity contribution in [3.8, 4) is 17.0 Å². The first-order valence-electron chi connectivity index (χ1n) is 13.3. The van der Waals surface area contributed by atoms with Crippen molar-refractivity contribution >= 4 is 55.2 Å². The summed E-state index contributed by atoms with van der Waals surface area (Å²) in [5.41, 5.74) is 3.99. The molecular formula is C30H29ClFN5O3S2. The Bertz CT molecular complexity index is 1800. The number of fused-ring (bicyclic) bond motifs is 1. The third-order valence-electron chi connectivity index (χ3n) is 6.51. The van der Waals surface area contributed by atoms with Gasteiger partial charge in [-0.15, -0.1) is 11.3 Å². The number of benzene rings is 3. The van der Waals surface area contributed by atoms with Gasteiger partial charge < -0.3 is 15.4 Å². The van der Waals surface area contributed by atoms with Crippen molar-refractivity contribution in [2.24, 2.45) is 0 Å². The smallest absolute Gasteiger partial charge is 0.151 e. The molecule has 0 aliphatic carbocycles. The van der Waals surface area contributed by atoms with Gasteiger partial charge in [-0.25, -0.2) is 27.8 Å². The number of hydrogen-bond acceptors (Lipinski definition) is 9. The summed E-state index contributed by atoms with van der Waals surface area (Å²) in [4.78, 5) is 13.6. The molecule has 42 heavy (non-hydrogen) atoms. The highest BCUT2D eigenvalue weighted by Crippen LogP contribution is 2.32. The second-order valence-corrected chi connectivity index (χ2v) is 13.3. The zero-order valence-corrected chi connectivity index (χ0v) is 25.2. The van der Waals surface area contributed by atoms with Crippen molar-refractivity contribution in [2.45, 2.75) is 20.0 Å². The molecule has 5 rings (SSSR count). The highest BCUT2D eigenvalue weighted by Gasteiger charge is 2.12. The second kappa shape index (κ2) is 13.6. The lowest BCUT2D eigenvalue weighted by Crippen LogP contribution is -2.25. The molecule has 8 nitrogen and oxygen atoms in total. The zero-order valence-electron chi connectivity index (χ0n) is 22.8. The first kappa shape index (κ1) is 29.8. The number of ether oxygens (including phenoxy) is 1. The molecule has 0 atom stereocenters. The van der Waals surface area contributed by atoms with Crippen LogP contribution in [0.4, 0.5) is 15.9 Å². The van der Waals surface area contributed by atoms with Crippen molar-refractivity contribution in [2.75, 3.05) is 29.9 Å². The van der Waals surface area contributed by atoms with E-state index in [1.165, 1.54) is 18.5 Å². The highest BCUT2D eigenvalue weighted by atomic mass is 35.5. The van der Waals surface area contributed by atoms with Gasteiger partial charge in [0.15, 0.2) is 9.84 Å². The highest BCUT2D eigenvalue weighted by molar-refractivity contribution is 7.91. The number of nitrogens with one attached hydrogen (secondary N) is 2. The number of nitrogens with zero attached hydrogens (tertiary/aromatic N) is 3. The van der Waals surface area contributed by atoms with Gasteiger partial charge in [-0.05, 0) is 48.0 Å². The molecule has 0 spiro atoms. The number of halogens is 2. The normalized spacial score (nSPS) is 11.6. The average Bonchev–Trinajstić information content (AvgIpc) is 3.45. The minimum absolute atomic E-state index is 0.142. The Morgan fingerprint density at radius 1 is 1.05 bits per heavy atom. The van der Waals surface area contributed by atoms with Crippen LogP contribution in [0.15, 0.2) is 72.4 Å². The van der Waals surface area contributed by atoms with E-state index in [9.17, 15) is 12.8 Å². The molecule has 2 aromatic heterocycles. The fourth-order valence-corrected chi connectivity index (χ4v) is 5.97. The van der Waals surface area contributed by atoms with Gasteiger partial charge in [0.1, 0.15) is 30.3 Å². The minimum Gasteiger partial charge on any atom is -0.487 e. The van der Waals surface area contributed by atoms with E-state index in [1.807, 2.05) is 29.6 Å². The molecule has 218 valence electrons. The van der Waals surface area contributed by atoms with Gasteiger partial charge in [-0.2, -0.15) is 0 Å². The summed E-state index contributed by atoms with van der Waals surface area (Å²) in [5, 5.41) is 10.7. The first-order valence-corrected chi connectivity index (χ1v) is 16.4. The fraction of sp³-hybridized carbons (Fsp3) is 0.233.